The van der Waals surface area contributed by atoms with Gasteiger partial charge in [0, 0.05) is 19.5 Å². The molecule has 0 spiro atoms. The molecule has 0 radical (unpaired) electrons. The maximum Gasteiger partial charge on any atom is 0.122 e. The van der Waals surface area contributed by atoms with E-state index in [1.165, 1.54) is 0 Å². The average molecular weight is 248 g/mol. The molecule has 0 aromatic heterocycles. The lowest BCUT2D eigenvalue weighted by Crippen LogP contribution is -2.33. The van der Waals surface area contributed by atoms with E-state index in [0.717, 1.165) is 11.3 Å². The molecule has 1 atom stereocenters. The van der Waals surface area contributed by atoms with E-state index in [1.807, 2.05) is 43.1 Å². The molecule has 0 amide bonds. The second-order valence-corrected chi connectivity index (χ2v) is 4.40. The molecule has 1 unspecified atom stereocenters. The van der Waals surface area contributed by atoms with E-state index in [-0.39, 0.29) is 6.61 Å². The topological polar surface area (TPSA) is 56.5 Å². The lowest BCUT2D eigenvalue weighted by molar-refractivity contribution is 0.0767. The highest BCUT2D eigenvalue weighted by molar-refractivity contribution is 5.31. The number of para-hydroxylation sites is 1. The minimum absolute atomic E-state index is 0.266. The molecule has 0 aliphatic carbocycles. The summed E-state index contributed by atoms with van der Waals surface area (Å²) in [5.41, 5.74) is 1.06. The Morgan fingerprint density at radius 1 is 1.44 bits per heavy atom. The van der Waals surface area contributed by atoms with Crippen LogP contribution >= 0.6 is 0 Å². The van der Waals surface area contributed by atoms with Gasteiger partial charge < -0.3 is 14.7 Å². The first-order valence-electron chi connectivity index (χ1n) is 6.05. The predicted molar refractivity (Wildman–Crippen MR) is 70.4 cm³/mol. The third-order valence-electron chi connectivity index (χ3n) is 2.65. The molecule has 0 bridgehead atoms. The largest absolute Gasteiger partial charge is 0.491 e. The summed E-state index contributed by atoms with van der Waals surface area (Å²) in [4.78, 5) is 1.93. The molecular formula is C14H20N2O2. The van der Waals surface area contributed by atoms with Gasteiger partial charge in [0.25, 0.3) is 0 Å². The fourth-order valence-electron chi connectivity index (χ4n) is 1.65. The van der Waals surface area contributed by atoms with Crippen LogP contribution in [-0.2, 0) is 0 Å². The molecule has 1 aromatic rings. The Bertz CT molecular complexity index is 401. The van der Waals surface area contributed by atoms with E-state index in [9.17, 15) is 5.11 Å². The van der Waals surface area contributed by atoms with E-state index in [0.29, 0.717) is 19.5 Å². The highest BCUT2D eigenvalue weighted by Gasteiger charge is 2.09. The summed E-state index contributed by atoms with van der Waals surface area (Å²) < 4.78 is 5.56. The second-order valence-electron chi connectivity index (χ2n) is 4.40. The quantitative estimate of drug-likeness (QED) is 0.796. The van der Waals surface area contributed by atoms with E-state index >= 15 is 0 Å². The first-order valence-corrected chi connectivity index (χ1v) is 6.05. The summed E-state index contributed by atoms with van der Waals surface area (Å²) in [6.45, 7) is 3.41. The molecule has 1 rings (SSSR count). The molecular weight excluding hydrogens is 228 g/mol. The molecule has 1 N–H and O–H groups in total. The molecule has 0 saturated heterocycles. The molecule has 0 saturated carbocycles. The Morgan fingerprint density at radius 3 is 2.83 bits per heavy atom. The van der Waals surface area contributed by atoms with E-state index < -0.39 is 6.10 Å². The first kappa shape index (κ1) is 14.5. The van der Waals surface area contributed by atoms with Gasteiger partial charge >= 0.3 is 0 Å². The summed E-state index contributed by atoms with van der Waals surface area (Å²) in [6.07, 6.45) is -0.0738. The Labute approximate surface area is 108 Å². The van der Waals surface area contributed by atoms with Gasteiger partial charge in [-0.2, -0.15) is 5.26 Å². The Morgan fingerprint density at radius 2 is 2.17 bits per heavy atom. The minimum Gasteiger partial charge on any atom is -0.491 e. The van der Waals surface area contributed by atoms with Crippen LogP contribution in [-0.4, -0.2) is 42.9 Å². The van der Waals surface area contributed by atoms with Gasteiger partial charge in [0.1, 0.15) is 18.5 Å². The number of rotatable bonds is 7. The number of aryl methyl sites for hydroxylation is 1. The van der Waals surface area contributed by atoms with Crippen LogP contribution in [0.15, 0.2) is 24.3 Å². The van der Waals surface area contributed by atoms with Crippen LogP contribution in [0.2, 0.25) is 0 Å². The molecule has 0 aliphatic heterocycles. The fraction of sp³-hybridized carbons (Fsp3) is 0.500. The van der Waals surface area contributed by atoms with Crippen molar-refractivity contribution in [2.75, 3.05) is 26.7 Å². The van der Waals surface area contributed by atoms with Crippen LogP contribution in [0.3, 0.4) is 0 Å². The Hall–Kier alpha value is -1.57. The van der Waals surface area contributed by atoms with E-state index in [1.54, 1.807) is 0 Å². The van der Waals surface area contributed by atoms with Crippen molar-refractivity contribution in [3.05, 3.63) is 29.8 Å². The van der Waals surface area contributed by atoms with Crippen LogP contribution in [0, 0.1) is 18.3 Å². The van der Waals surface area contributed by atoms with E-state index in [2.05, 4.69) is 6.07 Å². The number of aliphatic hydroxyl groups excluding tert-OH is 1. The van der Waals surface area contributed by atoms with Gasteiger partial charge in [-0.1, -0.05) is 18.2 Å². The molecule has 0 heterocycles. The summed E-state index contributed by atoms with van der Waals surface area (Å²) >= 11 is 0. The number of nitrogens with zero attached hydrogens (tertiary/aromatic N) is 2. The van der Waals surface area contributed by atoms with Crippen molar-refractivity contribution in [1.29, 1.82) is 5.26 Å². The van der Waals surface area contributed by atoms with Crippen molar-refractivity contribution in [3.8, 4) is 11.8 Å². The number of hydrogen-bond donors (Lipinski definition) is 1. The van der Waals surface area contributed by atoms with Gasteiger partial charge in [-0.25, -0.2) is 0 Å². The van der Waals surface area contributed by atoms with Crippen molar-refractivity contribution in [3.63, 3.8) is 0 Å². The van der Waals surface area contributed by atoms with Crippen molar-refractivity contribution in [2.45, 2.75) is 19.4 Å². The number of hydrogen-bond acceptors (Lipinski definition) is 4. The molecule has 4 heteroatoms. The number of benzene rings is 1. The number of nitriles is 1. The van der Waals surface area contributed by atoms with Gasteiger partial charge in [-0.05, 0) is 25.6 Å². The van der Waals surface area contributed by atoms with Gasteiger partial charge in [-0.15, -0.1) is 0 Å². The van der Waals surface area contributed by atoms with Crippen molar-refractivity contribution in [2.24, 2.45) is 0 Å². The lowest BCUT2D eigenvalue weighted by atomic mass is 10.2. The zero-order valence-electron chi connectivity index (χ0n) is 11.0. The molecule has 98 valence electrons. The van der Waals surface area contributed by atoms with Crippen molar-refractivity contribution < 1.29 is 9.84 Å². The zero-order valence-corrected chi connectivity index (χ0v) is 11.0. The minimum atomic E-state index is -0.548. The summed E-state index contributed by atoms with van der Waals surface area (Å²) in [6, 6.07) is 9.81. The SMILES string of the molecule is Cc1ccccc1OCC(O)CN(C)CCC#N. The van der Waals surface area contributed by atoms with Crippen LogP contribution in [0.1, 0.15) is 12.0 Å². The monoisotopic (exact) mass is 248 g/mol. The van der Waals surface area contributed by atoms with Crippen molar-refractivity contribution in [1.82, 2.24) is 4.90 Å². The van der Waals surface area contributed by atoms with E-state index in [4.69, 9.17) is 10.00 Å². The van der Waals surface area contributed by atoms with Gasteiger partial charge in [0.2, 0.25) is 0 Å². The normalized spacial score (nSPS) is 12.2. The smallest absolute Gasteiger partial charge is 0.122 e. The lowest BCUT2D eigenvalue weighted by Gasteiger charge is -2.20. The van der Waals surface area contributed by atoms with Gasteiger partial charge in [0.05, 0.1) is 6.07 Å². The molecule has 1 aromatic carbocycles. The summed E-state index contributed by atoms with van der Waals surface area (Å²) in [5.74, 6) is 0.802. The molecule has 0 aliphatic rings. The highest BCUT2D eigenvalue weighted by Crippen LogP contribution is 2.16. The first-order chi connectivity index (χ1) is 8.63. The zero-order chi connectivity index (χ0) is 13.4. The fourth-order valence-corrected chi connectivity index (χ4v) is 1.65. The predicted octanol–water partition coefficient (Wildman–Crippen LogP) is 1.58. The third-order valence-corrected chi connectivity index (χ3v) is 2.65. The number of ether oxygens (including phenoxy) is 1. The van der Waals surface area contributed by atoms with Crippen LogP contribution in [0.4, 0.5) is 0 Å². The number of aliphatic hydroxyl groups is 1. The molecule has 4 nitrogen and oxygen atoms in total. The second kappa shape index (κ2) is 7.70. The maximum atomic E-state index is 9.82. The Kier molecular flexibility index (Phi) is 6.20. The molecule has 0 fully saturated rings. The highest BCUT2D eigenvalue weighted by atomic mass is 16.5. The van der Waals surface area contributed by atoms with Crippen LogP contribution in [0.25, 0.3) is 0 Å². The van der Waals surface area contributed by atoms with Crippen molar-refractivity contribution >= 4 is 0 Å². The molecule has 18 heavy (non-hydrogen) atoms. The number of likely N-dealkylation sites (N-methyl/N-ethyl adjacent to an activating group) is 1. The average Bonchev–Trinajstić information content (AvgIpc) is 2.35. The van der Waals surface area contributed by atoms with Crippen LogP contribution < -0.4 is 4.74 Å². The van der Waals surface area contributed by atoms with Crippen LogP contribution in [0.5, 0.6) is 5.75 Å². The summed E-state index contributed by atoms with van der Waals surface area (Å²) in [5, 5.41) is 18.3. The van der Waals surface area contributed by atoms with Gasteiger partial charge in [-0.3, -0.25) is 0 Å². The third kappa shape index (κ3) is 5.17. The summed E-state index contributed by atoms with van der Waals surface area (Å²) in [7, 11) is 1.88. The Balaban J connectivity index is 2.31. The van der Waals surface area contributed by atoms with Gasteiger partial charge in [0.15, 0.2) is 0 Å². The maximum absolute atomic E-state index is 9.82. The standard InChI is InChI=1S/C14H20N2O2/c1-12-6-3-4-7-14(12)18-11-13(17)10-16(2)9-5-8-15/h3-4,6-7,13,17H,5,9-11H2,1-2H3.